The van der Waals surface area contributed by atoms with Crippen LogP contribution >= 0.6 is 11.6 Å². The number of hydrogen-bond donors (Lipinski definition) is 1. The quantitative estimate of drug-likeness (QED) is 0.445. The van der Waals surface area contributed by atoms with Gasteiger partial charge in [-0.1, -0.05) is 98.2 Å². The van der Waals surface area contributed by atoms with Crippen LogP contribution in [0.3, 0.4) is 0 Å². The lowest BCUT2D eigenvalue weighted by atomic mass is 10.0. The third-order valence-corrected chi connectivity index (χ3v) is 5.38. The van der Waals surface area contributed by atoms with E-state index in [2.05, 4.69) is 5.32 Å². The van der Waals surface area contributed by atoms with Crippen molar-refractivity contribution in [3.05, 3.63) is 101 Å². The summed E-state index contributed by atoms with van der Waals surface area (Å²) in [5, 5.41) is 3.42. The van der Waals surface area contributed by atoms with Crippen LogP contribution in [0.1, 0.15) is 31.0 Å². The van der Waals surface area contributed by atoms with E-state index >= 15 is 0 Å². The van der Waals surface area contributed by atoms with Crippen molar-refractivity contribution in [1.29, 1.82) is 0 Å². The van der Waals surface area contributed by atoms with Crippen molar-refractivity contribution < 1.29 is 14.3 Å². The number of carbonyl (C=O) groups is 2. The van der Waals surface area contributed by atoms with Gasteiger partial charge in [-0.05, 0) is 29.2 Å². The van der Waals surface area contributed by atoms with Crippen LogP contribution in [-0.4, -0.2) is 29.9 Å². The van der Waals surface area contributed by atoms with Crippen molar-refractivity contribution in [3.8, 4) is 5.75 Å². The fourth-order valence-electron chi connectivity index (χ4n) is 3.40. The molecule has 0 aliphatic heterocycles. The number of nitrogens with one attached hydrogen (secondary N) is 1. The molecule has 3 aromatic carbocycles. The van der Waals surface area contributed by atoms with Gasteiger partial charge in [0.05, 0.1) is 5.02 Å². The molecule has 0 unspecified atom stereocenters. The molecule has 0 fully saturated rings. The molecule has 0 bridgehead atoms. The SMILES string of the molecule is CC(C)CNC(=O)[C@@H](c1ccccc1)N(Cc1ccccc1)C(=O)COc1ccccc1Cl. The van der Waals surface area contributed by atoms with Crippen molar-refractivity contribution in [2.75, 3.05) is 13.2 Å². The highest BCUT2D eigenvalue weighted by Crippen LogP contribution is 2.26. The summed E-state index contributed by atoms with van der Waals surface area (Å²) >= 11 is 6.18. The number of rotatable bonds is 10. The van der Waals surface area contributed by atoms with Crippen LogP contribution < -0.4 is 10.1 Å². The van der Waals surface area contributed by atoms with Crippen LogP contribution in [0, 0.1) is 5.92 Å². The predicted molar refractivity (Wildman–Crippen MR) is 131 cm³/mol. The molecule has 1 N–H and O–H groups in total. The Balaban J connectivity index is 1.92. The van der Waals surface area contributed by atoms with E-state index < -0.39 is 6.04 Å². The molecular formula is C27H29ClN2O3. The van der Waals surface area contributed by atoms with E-state index in [4.69, 9.17) is 16.3 Å². The van der Waals surface area contributed by atoms with Crippen molar-refractivity contribution in [2.45, 2.75) is 26.4 Å². The predicted octanol–water partition coefficient (Wildman–Crippen LogP) is 5.26. The summed E-state index contributed by atoms with van der Waals surface area (Å²) in [7, 11) is 0. The van der Waals surface area contributed by atoms with Crippen LogP contribution in [0.2, 0.25) is 5.02 Å². The summed E-state index contributed by atoms with van der Waals surface area (Å²) < 4.78 is 5.73. The highest BCUT2D eigenvalue weighted by Gasteiger charge is 2.31. The Morgan fingerprint density at radius 2 is 1.52 bits per heavy atom. The number of hydrogen-bond acceptors (Lipinski definition) is 3. The van der Waals surface area contributed by atoms with Gasteiger partial charge < -0.3 is 15.0 Å². The average Bonchev–Trinajstić information content (AvgIpc) is 2.83. The molecule has 0 saturated carbocycles. The first kappa shape index (κ1) is 24.3. The zero-order chi connectivity index (χ0) is 23.6. The molecule has 0 spiro atoms. The molecule has 0 aliphatic rings. The lowest BCUT2D eigenvalue weighted by molar-refractivity contribution is -0.143. The molecule has 1 atom stereocenters. The van der Waals surface area contributed by atoms with Gasteiger partial charge in [-0.25, -0.2) is 0 Å². The second-order valence-corrected chi connectivity index (χ2v) is 8.59. The molecule has 0 aliphatic carbocycles. The standard InChI is InChI=1S/C27H29ClN2O3/c1-20(2)17-29-27(32)26(22-13-7-4-8-14-22)30(18-21-11-5-3-6-12-21)25(31)19-33-24-16-10-9-15-23(24)28/h3-16,20,26H,17-19H2,1-2H3,(H,29,32)/t26-/m1/s1. The first-order valence-electron chi connectivity index (χ1n) is 11.0. The van der Waals surface area contributed by atoms with Gasteiger partial charge in [0.2, 0.25) is 5.91 Å². The van der Waals surface area contributed by atoms with E-state index in [9.17, 15) is 9.59 Å². The van der Waals surface area contributed by atoms with E-state index in [1.54, 1.807) is 29.2 Å². The Morgan fingerprint density at radius 1 is 0.909 bits per heavy atom. The van der Waals surface area contributed by atoms with Crippen LogP contribution in [0.5, 0.6) is 5.75 Å². The molecular weight excluding hydrogens is 436 g/mol. The van der Waals surface area contributed by atoms with Gasteiger partial charge in [-0.3, -0.25) is 9.59 Å². The first-order chi connectivity index (χ1) is 16.0. The summed E-state index contributed by atoms with van der Waals surface area (Å²) in [6, 6.07) is 25.1. The van der Waals surface area contributed by atoms with Crippen molar-refractivity contribution in [1.82, 2.24) is 10.2 Å². The van der Waals surface area contributed by atoms with Gasteiger partial charge in [0.15, 0.2) is 6.61 Å². The molecule has 172 valence electrons. The molecule has 0 saturated heterocycles. The molecule has 3 rings (SSSR count). The second kappa shape index (κ2) is 12.1. The van der Waals surface area contributed by atoms with Crippen molar-refractivity contribution in [2.24, 2.45) is 5.92 Å². The highest BCUT2D eigenvalue weighted by molar-refractivity contribution is 6.32. The number of ether oxygens (including phenoxy) is 1. The lowest BCUT2D eigenvalue weighted by Crippen LogP contribution is -2.45. The van der Waals surface area contributed by atoms with Crippen molar-refractivity contribution >= 4 is 23.4 Å². The normalized spacial score (nSPS) is 11.6. The van der Waals surface area contributed by atoms with Gasteiger partial charge >= 0.3 is 0 Å². The number of nitrogens with zero attached hydrogens (tertiary/aromatic N) is 1. The summed E-state index contributed by atoms with van der Waals surface area (Å²) in [4.78, 5) is 28.4. The molecule has 6 heteroatoms. The van der Waals surface area contributed by atoms with Crippen LogP contribution in [-0.2, 0) is 16.1 Å². The fourth-order valence-corrected chi connectivity index (χ4v) is 3.59. The van der Waals surface area contributed by atoms with Crippen LogP contribution in [0.25, 0.3) is 0 Å². The summed E-state index contributed by atoms with van der Waals surface area (Å²) in [6.45, 7) is 4.60. The number of halogens is 1. The van der Waals surface area contributed by atoms with E-state index in [0.29, 0.717) is 17.3 Å². The molecule has 2 amide bonds. The van der Waals surface area contributed by atoms with Gasteiger partial charge in [-0.2, -0.15) is 0 Å². The number of amides is 2. The maximum Gasteiger partial charge on any atom is 0.261 e. The maximum atomic E-state index is 13.5. The van der Waals surface area contributed by atoms with Gasteiger partial charge in [0.1, 0.15) is 11.8 Å². The number of para-hydroxylation sites is 1. The fraction of sp³-hybridized carbons (Fsp3) is 0.259. The Bertz CT molecular complexity index is 1040. The third-order valence-electron chi connectivity index (χ3n) is 5.06. The Labute approximate surface area is 200 Å². The minimum absolute atomic E-state index is 0.225. The minimum atomic E-state index is -0.799. The molecule has 3 aromatic rings. The molecule has 33 heavy (non-hydrogen) atoms. The van der Waals surface area contributed by atoms with E-state index in [1.807, 2.05) is 74.5 Å². The average molecular weight is 465 g/mol. The number of carbonyl (C=O) groups excluding carboxylic acids is 2. The maximum absolute atomic E-state index is 13.5. The van der Waals surface area contributed by atoms with E-state index in [-0.39, 0.29) is 30.9 Å². The van der Waals surface area contributed by atoms with E-state index in [0.717, 1.165) is 11.1 Å². The Hall–Kier alpha value is -3.31. The number of benzene rings is 3. The van der Waals surface area contributed by atoms with Gasteiger partial charge in [0, 0.05) is 13.1 Å². The molecule has 5 nitrogen and oxygen atoms in total. The van der Waals surface area contributed by atoms with Gasteiger partial charge in [-0.15, -0.1) is 0 Å². The smallest absolute Gasteiger partial charge is 0.261 e. The zero-order valence-corrected chi connectivity index (χ0v) is 19.7. The third kappa shape index (κ3) is 7.09. The van der Waals surface area contributed by atoms with Gasteiger partial charge in [0.25, 0.3) is 5.91 Å². The largest absolute Gasteiger partial charge is 0.482 e. The topological polar surface area (TPSA) is 58.6 Å². The van der Waals surface area contributed by atoms with Crippen LogP contribution in [0.15, 0.2) is 84.9 Å². The van der Waals surface area contributed by atoms with Crippen molar-refractivity contribution in [3.63, 3.8) is 0 Å². The van der Waals surface area contributed by atoms with Crippen LogP contribution in [0.4, 0.5) is 0 Å². The Kier molecular flexibility index (Phi) is 8.90. The molecule has 0 heterocycles. The molecule has 0 aromatic heterocycles. The Morgan fingerprint density at radius 3 is 2.15 bits per heavy atom. The summed E-state index contributed by atoms with van der Waals surface area (Å²) in [5.74, 6) is 0.171. The summed E-state index contributed by atoms with van der Waals surface area (Å²) in [5.41, 5.74) is 1.65. The molecule has 0 radical (unpaired) electrons. The first-order valence-corrected chi connectivity index (χ1v) is 11.4. The zero-order valence-electron chi connectivity index (χ0n) is 18.9. The lowest BCUT2D eigenvalue weighted by Gasteiger charge is -2.32. The minimum Gasteiger partial charge on any atom is -0.482 e. The van der Waals surface area contributed by atoms with E-state index in [1.165, 1.54) is 0 Å². The highest BCUT2D eigenvalue weighted by atomic mass is 35.5. The summed E-state index contributed by atoms with van der Waals surface area (Å²) in [6.07, 6.45) is 0. The monoisotopic (exact) mass is 464 g/mol. The second-order valence-electron chi connectivity index (χ2n) is 8.18.